The standard InChI is InChI=1S/C35H44F2N6O7.C2HF3O2/c1-35(2,3)32(28-15-22(24-16-23(36)9-10-25(24)37)19-42(28)18-21-7-5-4-6-8-21)43(31(47)20-44)14-12-26(38)33(48)40-13-11-30(46)41-27(34(49)50)17-29(39)45;3-2(4,5)1(6)7/h4-10,15-16,19,26-27,32,44H,11-14,17-18,20,38H2,1-3H3,(H2,39,45)(H,40,48)(H,41,46)(H,49,50);(H,6,7)/t26-,27-,32-;/m0./s1. The van der Waals surface area contributed by atoms with Gasteiger partial charge in [-0.3, -0.25) is 19.2 Å². The zero-order chi connectivity index (χ0) is 43.2. The summed E-state index contributed by atoms with van der Waals surface area (Å²) < 4.78 is 62.8. The molecule has 0 fully saturated rings. The number of rotatable bonds is 17. The summed E-state index contributed by atoms with van der Waals surface area (Å²) in [5.41, 5.74) is 12.4. The van der Waals surface area contributed by atoms with E-state index in [1.54, 1.807) is 12.3 Å². The van der Waals surface area contributed by atoms with Crippen LogP contribution in [0.1, 0.15) is 57.3 Å². The highest BCUT2D eigenvalue weighted by Gasteiger charge is 2.39. The zero-order valence-corrected chi connectivity index (χ0v) is 31.2. The lowest BCUT2D eigenvalue weighted by atomic mass is 9.82. The van der Waals surface area contributed by atoms with Crippen LogP contribution in [0.3, 0.4) is 0 Å². The summed E-state index contributed by atoms with van der Waals surface area (Å²) in [6.07, 6.45) is -4.37. The first-order valence-electron chi connectivity index (χ1n) is 17.2. The Balaban J connectivity index is 0.00000146. The number of aliphatic hydroxyl groups excluding tert-OH is 1. The second-order valence-electron chi connectivity index (χ2n) is 13.8. The number of benzene rings is 2. The number of aliphatic hydroxyl groups is 1. The Labute approximate surface area is 323 Å². The number of carbonyl (C=O) groups is 6. The van der Waals surface area contributed by atoms with Crippen LogP contribution in [0.5, 0.6) is 0 Å². The number of halogens is 5. The maximum absolute atomic E-state index is 15.0. The Morgan fingerprint density at radius 1 is 0.947 bits per heavy atom. The van der Waals surface area contributed by atoms with Crippen LogP contribution in [0.2, 0.25) is 0 Å². The zero-order valence-electron chi connectivity index (χ0n) is 31.2. The Morgan fingerprint density at radius 3 is 2.09 bits per heavy atom. The average molecular weight is 813 g/mol. The van der Waals surface area contributed by atoms with Gasteiger partial charge in [0.15, 0.2) is 0 Å². The third kappa shape index (κ3) is 14.9. The van der Waals surface area contributed by atoms with E-state index in [-0.39, 0.29) is 31.5 Å². The summed E-state index contributed by atoms with van der Waals surface area (Å²) >= 11 is 0. The van der Waals surface area contributed by atoms with Crippen molar-refractivity contribution >= 4 is 35.6 Å². The molecule has 3 atom stereocenters. The molecular weight excluding hydrogens is 767 g/mol. The molecule has 3 aromatic rings. The monoisotopic (exact) mass is 812 g/mol. The van der Waals surface area contributed by atoms with E-state index >= 15 is 0 Å². The molecule has 4 amide bonds. The van der Waals surface area contributed by atoms with Gasteiger partial charge >= 0.3 is 18.1 Å². The van der Waals surface area contributed by atoms with Crippen molar-refractivity contribution in [3.05, 3.63) is 83.7 Å². The highest BCUT2D eigenvalue weighted by Crippen LogP contribution is 2.41. The molecule has 20 heteroatoms. The van der Waals surface area contributed by atoms with E-state index in [1.807, 2.05) is 55.7 Å². The molecule has 0 radical (unpaired) electrons. The maximum Gasteiger partial charge on any atom is 0.490 e. The summed E-state index contributed by atoms with van der Waals surface area (Å²) in [4.78, 5) is 71.0. The minimum Gasteiger partial charge on any atom is -0.480 e. The summed E-state index contributed by atoms with van der Waals surface area (Å²) in [7, 11) is 0. The van der Waals surface area contributed by atoms with E-state index in [0.29, 0.717) is 17.8 Å². The molecule has 0 unspecified atom stereocenters. The highest BCUT2D eigenvalue weighted by molar-refractivity contribution is 5.88. The van der Waals surface area contributed by atoms with Gasteiger partial charge in [-0.15, -0.1) is 0 Å². The summed E-state index contributed by atoms with van der Waals surface area (Å²) in [5.74, 6) is -8.40. The van der Waals surface area contributed by atoms with Gasteiger partial charge in [0, 0.05) is 49.1 Å². The molecule has 15 nitrogen and oxygen atoms in total. The molecule has 312 valence electrons. The number of nitrogens with two attached hydrogens (primary N) is 2. The first-order valence-corrected chi connectivity index (χ1v) is 17.2. The fourth-order valence-electron chi connectivity index (χ4n) is 5.61. The van der Waals surface area contributed by atoms with E-state index < -0.39 is 89.9 Å². The number of hydrogen-bond donors (Lipinski definition) is 7. The van der Waals surface area contributed by atoms with Crippen LogP contribution in [0.4, 0.5) is 22.0 Å². The van der Waals surface area contributed by atoms with Crippen LogP contribution in [-0.2, 0) is 35.3 Å². The van der Waals surface area contributed by atoms with Gasteiger partial charge in [-0.25, -0.2) is 18.4 Å². The van der Waals surface area contributed by atoms with Crippen LogP contribution < -0.4 is 22.1 Å². The number of hydrogen-bond acceptors (Lipinski definition) is 8. The van der Waals surface area contributed by atoms with E-state index in [4.69, 9.17) is 26.5 Å². The number of carboxylic acids is 2. The number of aliphatic carboxylic acids is 2. The molecule has 57 heavy (non-hydrogen) atoms. The molecule has 0 saturated carbocycles. The van der Waals surface area contributed by atoms with Gasteiger partial charge in [-0.2, -0.15) is 13.2 Å². The average Bonchev–Trinajstić information content (AvgIpc) is 3.51. The number of nitrogens with one attached hydrogen (secondary N) is 2. The SMILES string of the molecule is CC(C)(C)[C@H](c1cc(-c2cc(F)ccc2F)cn1Cc1ccccc1)N(CC[C@H](N)C(=O)NCCC(=O)N[C@@H](CC(N)=O)C(=O)O)C(=O)CO.O=C(O)C(F)(F)F. The van der Waals surface area contributed by atoms with Crippen molar-refractivity contribution in [2.24, 2.45) is 16.9 Å². The smallest absolute Gasteiger partial charge is 0.480 e. The van der Waals surface area contributed by atoms with E-state index in [1.165, 1.54) is 4.90 Å². The predicted molar refractivity (Wildman–Crippen MR) is 194 cm³/mol. The first-order chi connectivity index (χ1) is 26.5. The van der Waals surface area contributed by atoms with E-state index in [2.05, 4.69) is 10.6 Å². The molecule has 0 aliphatic carbocycles. The predicted octanol–water partition coefficient (Wildman–Crippen LogP) is 2.69. The molecule has 0 aliphatic heterocycles. The molecule has 2 aromatic carbocycles. The van der Waals surface area contributed by atoms with Crippen molar-refractivity contribution in [3.63, 3.8) is 0 Å². The Kier molecular flexibility index (Phi) is 17.3. The third-order valence-electron chi connectivity index (χ3n) is 8.18. The Bertz CT molecular complexity index is 1880. The van der Waals surface area contributed by atoms with E-state index in [0.717, 1.165) is 23.8 Å². The molecule has 0 bridgehead atoms. The molecule has 9 N–H and O–H groups in total. The van der Waals surface area contributed by atoms with Crippen molar-refractivity contribution in [1.29, 1.82) is 0 Å². The molecule has 1 aromatic heterocycles. The third-order valence-corrected chi connectivity index (χ3v) is 8.18. The Morgan fingerprint density at radius 2 is 1.56 bits per heavy atom. The number of primary amides is 1. The van der Waals surface area contributed by atoms with Gasteiger partial charge in [0.25, 0.3) is 0 Å². The van der Waals surface area contributed by atoms with Crippen molar-refractivity contribution in [2.75, 3.05) is 19.7 Å². The second-order valence-corrected chi connectivity index (χ2v) is 13.8. The number of nitrogens with zero attached hydrogens (tertiary/aromatic N) is 2. The van der Waals surface area contributed by atoms with Crippen LogP contribution in [0.15, 0.2) is 60.8 Å². The van der Waals surface area contributed by atoms with Crippen LogP contribution in [0, 0.1) is 17.0 Å². The molecule has 0 spiro atoms. The summed E-state index contributed by atoms with van der Waals surface area (Å²) in [6, 6.07) is 10.8. The largest absolute Gasteiger partial charge is 0.490 e. The highest BCUT2D eigenvalue weighted by atomic mass is 19.4. The van der Waals surface area contributed by atoms with Crippen LogP contribution >= 0.6 is 0 Å². The van der Waals surface area contributed by atoms with Gasteiger partial charge in [0.05, 0.1) is 18.5 Å². The topological polar surface area (TPSA) is 247 Å². The van der Waals surface area contributed by atoms with Crippen LogP contribution in [-0.4, -0.2) is 98.3 Å². The van der Waals surface area contributed by atoms with Gasteiger partial charge in [0.2, 0.25) is 23.6 Å². The Hall–Kier alpha value is -5.89. The van der Waals surface area contributed by atoms with Gasteiger partial charge < -0.3 is 46.9 Å². The van der Waals surface area contributed by atoms with Crippen molar-refractivity contribution in [3.8, 4) is 11.1 Å². The number of aromatic nitrogens is 1. The second kappa shape index (κ2) is 20.9. The first kappa shape index (κ1) is 47.3. The van der Waals surface area contributed by atoms with E-state index in [9.17, 15) is 51.0 Å². The minimum atomic E-state index is -5.08. The molecular formula is C37H45F5N6O9. The fourth-order valence-corrected chi connectivity index (χ4v) is 5.61. The number of carboxylic acid groups (broad SMARTS) is 2. The molecule has 0 saturated heterocycles. The lowest BCUT2D eigenvalue weighted by Gasteiger charge is -2.41. The molecule has 3 rings (SSSR count). The van der Waals surface area contributed by atoms with Crippen LogP contribution in [0.25, 0.3) is 11.1 Å². The number of carbonyl (C=O) groups excluding carboxylic acids is 4. The van der Waals surface area contributed by atoms with Crippen molar-refractivity contribution in [1.82, 2.24) is 20.1 Å². The molecule has 0 aliphatic rings. The molecule has 1 heterocycles. The lowest BCUT2D eigenvalue weighted by Crippen LogP contribution is -2.48. The lowest BCUT2D eigenvalue weighted by molar-refractivity contribution is -0.192. The summed E-state index contributed by atoms with van der Waals surface area (Å²) in [5, 5.41) is 30.9. The van der Waals surface area contributed by atoms with Gasteiger partial charge in [-0.1, -0.05) is 51.1 Å². The fraction of sp³-hybridized carbons (Fsp3) is 0.405. The summed E-state index contributed by atoms with van der Waals surface area (Å²) in [6.45, 7) is 4.85. The minimum absolute atomic E-state index is 0.0319. The quantitative estimate of drug-likeness (QED) is 0.0983. The number of alkyl halides is 3. The number of amides is 4. The normalized spacial score (nSPS) is 12.9. The van der Waals surface area contributed by atoms with Crippen molar-refractivity contribution in [2.45, 2.75) is 70.9 Å². The van der Waals surface area contributed by atoms with Crippen molar-refractivity contribution < 1.29 is 66.0 Å². The maximum atomic E-state index is 15.0. The van der Waals surface area contributed by atoms with Gasteiger partial charge in [0.1, 0.15) is 24.3 Å². The van der Waals surface area contributed by atoms with Gasteiger partial charge in [-0.05, 0) is 41.7 Å².